The summed E-state index contributed by atoms with van der Waals surface area (Å²) in [6.45, 7) is 0.0989. The quantitative estimate of drug-likeness (QED) is 0.196. The third-order valence-electron chi connectivity index (χ3n) is 5.93. The summed E-state index contributed by atoms with van der Waals surface area (Å²) in [4.78, 5) is 28.4. The van der Waals surface area contributed by atoms with Gasteiger partial charge in [0, 0.05) is 23.2 Å². The molecule has 1 heterocycles. The second-order valence-electron chi connectivity index (χ2n) is 8.21. The van der Waals surface area contributed by atoms with Crippen molar-refractivity contribution < 1.29 is 19.2 Å². The maximum Gasteiger partial charge on any atom is 0.339 e. The molecule has 0 aliphatic heterocycles. The Morgan fingerprint density at radius 2 is 1.74 bits per heavy atom. The highest BCUT2D eigenvalue weighted by Crippen LogP contribution is 2.30. The smallest absolute Gasteiger partial charge is 0.339 e. The van der Waals surface area contributed by atoms with E-state index in [1.807, 2.05) is 36.4 Å². The van der Waals surface area contributed by atoms with Crippen molar-refractivity contribution in [3.63, 3.8) is 0 Å². The van der Waals surface area contributed by atoms with Gasteiger partial charge in [0.1, 0.15) is 18.1 Å². The minimum absolute atomic E-state index is 0.00108. The SMILES string of the molecule is O=C(OCc1cccc(Oc2ccc([N+](=O)[O-])cc2)c1)c1c2c(nc3ccccc13)CCCC2. The summed E-state index contributed by atoms with van der Waals surface area (Å²) in [5, 5.41) is 11.6. The predicted molar refractivity (Wildman–Crippen MR) is 127 cm³/mol. The number of esters is 1. The highest BCUT2D eigenvalue weighted by molar-refractivity contribution is 6.05. The summed E-state index contributed by atoms with van der Waals surface area (Å²) in [5.74, 6) is 0.683. The van der Waals surface area contributed by atoms with Gasteiger partial charge in [-0.15, -0.1) is 0 Å². The van der Waals surface area contributed by atoms with Crippen LogP contribution in [0.3, 0.4) is 0 Å². The Hall–Kier alpha value is -4.26. The summed E-state index contributed by atoms with van der Waals surface area (Å²) in [6.07, 6.45) is 3.82. The van der Waals surface area contributed by atoms with Crippen LogP contribution in [0.4, 0.5) is 5.69 Å². The number of nitro benzene ring substituents is 1. The Labute approximate surface area is 196 Å². The molecule has 7 heteroatoms. The summed E-state index contributed by atoms with van der Waals surface area (Å²) in [5.41, 5.74) is 4.21. The number of aromatic nitrogens is 1. The fraction of sp³-hybridized carbons (Fsp3) is 0.185. The van der Waals surface area contributed by atoms with Crippen LogP contribution in [0.15, 0.2) is 72.8 Å². The number of nitro groups is 1. The van der Waals surface area contributed by atoms with Crippen molar-refractivity contribution in [2.75, 3.05) is 0 Å². The molecule has 5 rings (SSSR count). The van der Waals surface area contributed by atoms with Gasteiger partial charge in [-0.1, -0.05) is 30.3 Å². The highest BCUT2D eigenvalue weighted by atomic mass is 16.6. The standard InChI is InChI=1S/C27H22N2O5/c30-27(26-22-8-1-3-10-24(22)28-25-11-4-2-9-23(25)26)33-17-18-6-5-7-21(16-18)34-20-14-12-19(13-15-20)29(31)32/h1,3,5-8,10,12-16H,2,4,9,11,17H2. The van der Waals surface area contributed by atoms with Crippen molar-refractivity contribution in [1.82, 2.24) is 4.98 Å². The average Bonchev–Trinajstić information content (AvgIpc) is 2.86. The van der Waals surface area contributed by atoms with Crippen molar-refractivity contribution in [2.45, 2.75) is 32.3 Å². The largest absolute Gasteiger partial charge is 0.457 e. The van der Waals surface area contributed by atoms with Gasteiger partial charge in [-0.3, -0.25) is 15.1 Å². The van der Waals surface area contributed by atoms with Gasteiger partial charge in [-0.25, -0.2) is 4.79 Å². The van der Waals surface area contributed by atoms with Gasteiger partial charge in [0.15, 0.2) is 0 Å². The van der Waals surface area contributed by atoms with E-state index in [2.05, 4.69) is 0 Å². The molecule has 7 nitrogen and oxygen atoms in total. The lowest BCUT2D eigenvalue weighted by Gasteiger charge is -2.20. The molecule has 0 radical (unpaired) electrons. The van der Waals surface area contributed by atoms with Crippen LogP contribution in [0.2, 0.25) is 0 Å². The molecule has 0 spiro atoms. The molecule has 1 aromatic heterocycles. The van der Waals surface area contributed by atoms with Gasteiger partial charge in [-0.2, -0.15) is 0 Å². The molecule has 0 atom stereocenters. The van der Waals surface area contributed by atoms with Crippen molar-refractivity contribution in [3.05, 3.63) is 105 Å². The molecular formula is C27H22N2O5. The zero-order valence-electron chi connectivity index (χ0n) is 18.4. The fourth-order valence-electron chi connectivity index (χ4n) is 4.30. The number of non-ortho nitro benzene ring substituents is 1. The van der Waals surface area contributed by atoms with Gasteiger partial charge in [-0.05, 0) is 67.1 Å². The number of nitrogens with zero attached hydrogens (tertiary/aromatic N) is 2. The number of fused-ring (bicyclic) bond motifs is 2. The number of hydrogen-bond acceptors (Lipinski definition) is 6. The molecule has 0 bridgehead atoms. The molecule has 4 aromatic rings. The predicted octanol–water partition coefficient (Wildman–Crippen LogP) is 6.17. The first-order valence-electron chi connectivity index (χ1n) is 11.2. The molecule has 1 aliphatic carbocycles. The lowest BCUT2D eigenvalue weighted by Crippen LogP contribution is -2.15. The number of benzene rings is 3. The number of aryl methyl sites for hydroxylation is 1. The van der Waals surface area contributed by atoms with Crippen LogP contribution in [0.1, 0.15) is 40.0 Å². The molecule has 0 fully saturated rings. The van der Waals surface area contributed by atoms with Crippen molar-refractivity contribution >= 4 is 22.6 Å². The summed E-state index contributed by atoms with van der Waals surface area (Å²) < 4.78 is 11.5. The molecule has 1 aliphatic rings. The van der Waals surface area contributed by atoms with Gasteiger partial charge >= 0.3 is 5.97 Å². The van der Waals surface area contributed by atoms with E-state index in [1.54, 1.807) is 24.3 Å². The third-order valence-corrected chi connectivity index (χ3v) is 5.93. The number of pyridine rings is 1. The van der Waals surface area contributed by atoms with Crippen LogP contribution < -0.4 is 4.74 Å². The average molecular weight is 454 g/mol. The minimum atomic E-state index is -0.456. The van der Waals surface area contributed by atoms with E-state index in [0.717, 1.165) is 53.4 Å². The number of hydrogen-bond donors (Lipinski definition) is 0. The van der Waals surface area contributed by atoms with Crippen LogP contribution >= 0.6 is 0 Å². The maximum atomic E-state index is 13.2. The van der Waals surface area contributed by atoms with Crippen molar-refractivity contribution in [2.24, 2.45) is 0 Å². The lowest BCUT2D eigenvalue weighted by atomic mass is 9.90. The van der Waals surface area contributed by atoms with E-state index in [4.69, 9.17) is 14.5 Å². The Balaban J connectivity index is 1.34. The van der Waals surface area contributed by atoms with Gasteiger partial charge in [0.05, 0.1) is 16.0 Å². The van der Waals surface area contributed by atoms with E-state index in [-0.39, 0.29) is 18.3 Å². The molecule has 34 heavy (non-hydrogen) atoms. The minimum Gasteiger partial charge on any atom is -0.457 e. The topological polar surface area (TPSA) is 91.6 Å². The Morgan fingerprint density at radius 3 is 2.56 bits per heavy atom. The van der Waals surface area contributed by atoms with Crippen molar-refractivity contribution in [3.8, 4) is 11.5 Å². The summed E-state index contributed by atoms with van der Waals surface area (Å²) >= 11 is 0. The van der Waals surface area contributed by atoms with E-state index >= 15 is 0 Å². The van der Waals surface area contributed by atoms with Crippen LogP contribution in [-0.2, 0) is 24.2 Å². The van der Waals surface area contributed by atoms with Crippen LogP contribution in [-0.4, -0.2) is 15.9 Å². The zero-order chi connectivity index (χ0) is 23.5. The second-order valence-corrected chi connectivity index (χ2v) is 8.21. The molecule has 0 amide bonds. The highest BCUT2D eigenvalue weighted by Gasteiger charge is 2.23. The first-order valence-corrected chi connectivity index (χ1v) is 11.2. The number of carbonyl (C=O) groups is 1. The van der Waals surface area contributed by atoms with Crippen molar-refractivity contribution in [1.29, 1.82) is 0 Å². The number of para-hydroxylation sites is 1. The molecule has 0 saturated heterocycles. The maximum absolute atomic E-state index is 13.2. The second kappa shape index (κ2) is 9.31. The van der Waals surface area contributed by atoms with E-state index < -0.39 is 4.92 Å². The van der Waals surface area contributed by atoms with Gasteiger partial charge in [0.25, 0.3) is 5.69 Å². The number of rotatable bonds is 6. The van der Waals surface area contributed by atoms with Gasteiger partial charge in [0.2, 0.25) is 0 Å². The molecule has 0 saturated carbocycles. The summed E-state index contributed by atoms with van der Waals surface area (Å²) in [7, 11) is 0. The van der Waals surface area contributed by atoms with Gasteiger partial charge < -0.3 is 9.47 Å². The molecule has 0 unspecified atom stereocenters. The first kappa shape index (κ1) is 21.6. The van der Waals surface area contributed by atoms with E-state index in [0.29, 0.717) is 17.1 Å². The van der Waals surface area contributed by atoms with Crippen LogP contribution in [0, 0.1) is 10.1 Å². The number of ether oxygens (including phenoxy) is 2. The molecule has 3 aromatic carbocycles. The normalized spacial score (nSPS) is 12.7. The Morgan fingerprint density at radius 1 is 0.941 bits per heavy atom. The van der Waals surface area contributed by atoms with E-state index in [9.17, 15) is 14.9 Å². The zero-order valence-corrected chi connectivity index (χ0v) is 18.4. The lowest BCUT2D eigenvalue weighted by molar-refractivity contribution is -0.384. The molecular weight excluding hydrogens is 432 g/mol. The monoisotopic (exact) mass is 454 g/mol. The third kappa shape index (κ3) is 4.45. The Kier molecular flexibility index (Phi) is 5.91. The molecule has 170 valence electrons. The number of carbonyl (C=O) groups excluding carboxylic acids is 1. The fourth-order valence-corrected chi connectivity index (χ4v) is 4.30. The summed E-state index contributed by atoms with van der Waals surface area (Å²) in [6, 6.07) is 20.8. The first-order chi connectivity index (χ1) is 16.6. The molecule has 0 N–H and O–H groups in total. The van der Waals surface area contributed by atoms with Crippen LogP contribution in [0.25, 0.3) is 10.9 Å². The Bertz CT molecular complexity index is 1380. The van der Waals surface area contributed by atoms with Crippen LogP contribution in [0.5, 0.6) is 11.5 Å². The van der Waals surface area contributed by atoms with E-state index in [1.165, 1.54) is 12.1 Å².